The fourth-order valence-corrected chi connectivity index (χ4v) is 3.36. The van der Waals surface area contributed by atoms with Crippen molar-refractivity contribution in [3.05, 3.63) is 23.0 Å². The van der Waals surface area contributed by atoms with Crippen molar-refractivity contribution in [1.82, 2.24) is 14.8 Å². The summed E-state index contributed by atoms with van der Waals surface area (Å²) in [6.07, 6.45) is 4.88. The molecule has 3 rings (SSSR count). The van der Waals surface area contributed by atoms with Gasteiger partial charge in [-0.15, -0.1) is 0 Å². The molecule has 0 aromatic carbocycles. The van der Waals surface area contributed by atoms with Gasteiger partial charge in [0.05, 0.1) is 17.4 Å². The first kappa shape index (κ1) is 13.6. The van der Waals surface area contributed by atoms with E-state index in [-0.39, 0.29) is 11.1 Å². The lowest BCUT2D eigenvalue weighted by molar-refractivity contribution is 0.0743. The Balaban J connectivity index is 1.80. The molecule has 0 spiro atoms. The number of nitrogens with two attached hydrogens (primary N) is 1. The number of rotatable bonds is 1. The molecule has 2 N–H and O–H groups in total. The lowest BCUT2D eigenvalue weighted by Gasteiger charge is -2.26. The van der Waals surface area contributed by atoms with Gasteiger partial charge in [0.25, 0.3) is 5.91 Å². The van der Waals surface area contributed by atoms with Crippen molar-refractivity contribution in [2.45, 2.75) is 25.3 Å². The number of amides is 1. The Labute approximate surface area is 123 Å². The van der Waals surface area contributed by atoms with E-state index in [1.165, 1.54) is 19.0 Å². The standard InChI is InChI=1S/C14H19ClN4O/c15-13-12(7-10(16)8-17-13)14(20)19-6-2-5-18-4-1-3-11(18)9-19/h7-8,11H,1-6,9,16H2. The van der Waals surface area contributed by atoms with Crippen molar-refractivity contribution in [2.75, 3.05) is 31.9 Å². The molecule has 108 valence electrons. The van der Waals surface area contributed by atoms with Crippen molar-refractivity contribution >= 4 is 23.2 Å². The van der Waals surface area contributed by atoms with Crippen LogP contribution in [-0.2, 0) is 0 Å². The van der Waals surface area contributed by atoms with E-state index in [0.717, 1.165) is 32.6 Å². The molecule has 1 aromatic rings. The molecule has 2 aliphatic heterocycles. The summed E-state index contributed by atoms with van der Waals surface area (Å²) in [5, 5.41) is 0.233. The fourth-order valence-electron chi connectivity index (χ4n) is 3.18. The predicted molar refractivity (Wildman–Crippen MR) is 78.8 cm³/mol. The first-order chi connectivity index (χ1) is 9.65. The van der Waals surface area contributed by atoms with Crippen LogP contribution in [0.15, 0.2) is 12.3 Å². The Morgan fingerprint density at radius 1 is 1.35 bits per heavy atom. The molecular formula is C14H19ClN4O. The van der Waals surface area contributed by atoms with E-state index < -0.39 is 0 Å². The van der Waals surface area contributed by atoms with Gasteiger partial charge in [-0.25, -0.2) is 4.98 Å². The van der Waals surface area contributed by atoms with Gasteiger partial charge in [-0.3, -0.25) is 9.69 Å². The molecule has 1 atom stereocenters. The second kappa shape index (κ2) is 5.58. The summed E-state index contributed by atoms with van der Waals surface area (Å²) in [6, 6.07) is 2.11. The molecule has 1 aromatic heterocycles. The summed E-state index contributed by atoms with van der Waals surface area (Å²) >= 11 is 6.04. The van der Waals surface area contributed by atoms with Gasteiger partial charge in [0.1, 0.15) is 5.15 Å². The van der Waals surface area contributed by atoms with Gasteiger partial charge in [0, 0.05) is 25.7 Å². The van der Waals surface area contributed by atoms with E-state index in [2.05, 4.69) is 9.88 Å². The van der Waals surface area contributed by atoms with E-state index >= 15 is 0 Å². The Bertz CT molecular complexity index is 522. The first-order valence-corrected chi connectivity index (χ1v) is 7.47. The second-order valence-corrected chi connectivity index (χ2v) is 5.90. The molecule has 1 amide bonds. The highest BCUT2D eigenvalue weighted by Gasteiger charge is 2.31. The predicted octanol–water partition coefficient (Wildman–Crippen LogP) is 1.63. The van der Waals surface area contributed by atoms with Crippen molar-refractivity contribution in [2.24, 2.45) is 0 Å². The van der Waals surface area contributed by atoms with Crippen LogP contribution < -0.4 is 5.73 Å². The summed E-state index contributed by atoms with van der Waals surface area (Å²) in [5.41, 5.74) is 6.59. The number of aromatic nitrogens is 1. The number of carbonyl (C=O) groups is 1. The number of carbonyl (C=O) groups excluding carboxylic acids is 1. The molecule has 2 fully saturated rings. The monoisotopic (exact) mass is 294 g/mol. The van der Waals surface area contributed by atoms with Gasteiger partial charge in [0.15, 0.2) is 0 Å². The van der Waals surface area contributed by atoms with Crippen molar-refractivity contribution in [3.63, 3.8) is 0 Å². The maximum atomic E-state index is 12.6. The van der Waals surface area contributed by atoms with Crippen LogP contribution in [0.3, 0.4) is 0 Å². The number of nitrogen functional groups attached to an aromatic ring is 1. The lowest BCUT2D eigenvalue weighted by atomic mass is 10.2. The summed E-state index contributed by atoms with van der Waals surface area (Å²) in [7, 11) is 0. The Hall–Kier alpha value is -1.33. The smallest absolute Gasteiger partial charge is 0.257 e. The maximum Gasteiger partial charge on any atom is 0.257 e. The van der Waals surface area contributed by atoms with E-state index in [1.807, 2.05) is 4.90 Å². The summed E-state index contributed by atoms with van der Waals surface area (Å²) in [5.74, 6) is -0.0523. The average molecular weight is 295 g/mol. The Morgan fingerprint density at radius 3 is 3.00 bits per heavy atom. The van der Waals surface area contributed by atoms with Crippen LogP contribution in [0.2, 0.25) is 5.15 Å². The molecule has 0 bridgehead atoms. The second-order valence-electron chi connectivity index (χ2n) is 5.54. The van der Waals surface area contributed by atoms with Crippen LogP contribution in [0.5, 0.6) is 0 Å². The largest absolute Gasteiger partial charge is 0.397 e. The van der Waals surface area contributed by atoms with Gasteiger partial charge in [0.2, 0.25) is 0 Å². The zero-order chi connectivity index (χ0) is 14.1. The third kappa shape index (κ3) is 2.60. The minimum atomic E-state index is -0.0523. The van der Waals surface area contributed by atoms with Crippen LogP contribution in [0.25, 0.3) is 0 Å². The van der Waals surface area contributed by atoms with Crippen LogP contribution in [0.4, 0.5) is 5.69 Å². The van der Waals surface area contributed by atoms with Gasteiger partial charge in [-0.2, -0.15) is 0 Å². The lowest BCUT2D eigenvalue weighted by Crippen LogP contribution is -2.39. The maximum absolute atomic E-state index is 12.6. The minimum Gasteiger partial charge on any atom is -0.397 e. The van der Waals surface area contributed by atoms with Crippen LogP contribution in [0.1, 0.15) is 29.6 Å². The van der Waals surface area contributed by atoms with Crippen molar-refractivity contribution in [3.8, 4) is 0 Å². The molecule has 2 saturated heterocycles. The molecule has 1 unspecified atom stereocenters. The fraction of sp³-hybridized carbons (Fsp3) is 0.571. The van der Waals surface area contributed by atoms with Gasteiger partial charge < -0.3 is 10.6 Å². The summed E-state index contributed by atoms with van der Waals surface area (Å²) < 4.78 is 0. The highest BCUT2D eigenvalue weighted by molar-refractivity contribution is 6.32. The number of nitrogens with zero attached hydrogens (tertiary/aromatic N) is 3. The molecule has 6 heteroatoms. The Kier molecular flexibility index (Phi) is 3.81. The van der Waals surface area contributed by atoms with Crippen molar-refractivity contribution in [1.29, 1.82) is 0 Å². The quantitative estimate of drug-likeness (QED) is 0.800. The van der Waals surface area contributed by atoms with Gasteiger partial charge >= 0.3 is 0 Å². The molecule has 0 radical (unpaired) electrons. The molecule has 0 saturated carbocycles. The molecule has 20 heavy (non-hydrogen) atoms. The molecule has 2 aliphatic rings. The highest BCUT2D eigenvalue weighted by Crippen LogP contribution is 2.24. The normalized spacial score (nSPS) is 23.4. The molecule has 5 nitrogen and oxygen atoms in total. The number of halogens is 1. The number of hydrogen-bond acceptors (Lipinski definition) is 4. The number of pyridine rings is 1. The van der Waals surface area contributed by atoms with E-state index in [0.29, 0.717) is 17.3 Å². The number of anilines is 1. The molecular weight excluding hydrogens is 276 g/mol. The van der Waals surface area contributed by atoms with E-state index in [4.69, 9.17) is 17.3 Å². The number of hydrogen-bond donors (Lipinski definition) is 1. The van der Waals surface area contributed by atoms with E-state index in [9.17, 15) is 4.79 Å². The third-order valence-electron chi connectivity index (χ3n) is 4.18. The minimum absolute atomic E-state index is 0.0523. The molecule has 0 aliphatic carbocycles. The summed E-state index contributed by atoms with van der Waals surface area (Å²) in [6.45, 7) is 3.80. The van der Waals surface area contributed by atoms with Crippen LogP contribution in [-0.4, -0.2) is 52.9 Å². The molecule has 3 heterocycles. The zero-order valence-corrected chi connectivity index (χ0v) is 12.1. The topological polar surface area (TPSA) is 62.5 Å². The van der Waals surface area contributed by atoms with Crippen LogP contribution >= 0.6 is 11.6 Å². The summed E-state index contributed by atoms with van der Waals surface area (Å²) in [4.78, 5) is 21.0. The first-order valence-electron chi connectivity index (χ1n) is 7.09. The van der Waals surface area contributed by atoms with Crippen molar-refractivity contribution < 1.29 is 4.79 Å². The van der Waals surface area contributed by atoms with Crippen LogP contribution in [0, 0.1) is 0 Å². The highest BCUT2D eigenvalue weighted by atomic mass is 35.5. The Morgan fingerprint density at radius 2 is 2.15 bits per heavy atom. The number of fused-ring (bicyclic) bond motifs is 1. The van der Waals surface area contributed by atoms with Gasteiger partial charge in [-0.05, 0) is 31.9 Å². The zero-order valence-electron chi connectivity index (χ0n) is 11.4. The SMILES string of the molecule is Nc1cnc(Cl)c(C(=O)N2CCCN3CCCC3C2)c1. The third-order valence-corrected chi connectivity index (χ3v) is 4.48. The van der Waals surface area contributed by atoms with Gasteiger partial charge in [-0.1, -0.05) is 11.6 Å². The average Bonchev–Trinajstić information content (AvgIpc) is 2.78. The van der Waals surface area contributed by atoms with E-state index in [1.54, 1.807) is 6.07 Å².